The molecule has 1 saturated heterocycles. The maximum Gasteiger partial charge on any atom is 0.471 e. The zero-order valence-electron chi connectivity index (χ0n) is 13.2. The van der Waals surface area contributed by atoms with E-state index in [0.717, 1.165) is 4.90 Å². The Bertz CT molecular complexity index is 579. The average molecular weight is 344 g/mol. The van der Waals surface area contributed by atoms with E-state index in [0.29, 0.717) is 18.0 Å². The fourth-order valence-corrected chi connectivity index (χ4v) is 2.57. The van der Waals surface area contributed by atoms with Crippen molar-refractivity contribution in [1.29, 1.82) is 0 Å². The predicted molar refractivity (Wildman–Crippen MR) is 81.6 cm³/mol. The number of nitrogens with one attached hydrogen (secondary N) is 1. The van der Waals surface area contributed by atoms with Gasteiger partial charge in [-0.05, 0) is 44.0 Å². The molecular weight excluding hydrogens is 325 g/mol. The molecule has 24 heavy (non-hydrogen) atoms. The van der Waals surface area contributed by atoms with Crippen LogP contribution in [-0.2, 0) is 9.59 Å². The third-order valence-electron chi connectivity index (χ3n) is 3.83. The number of hydrogen-bond donors (Lipinski definition) is 1. The van der Waals surface area contributed by atoms with Crippen LogP contribution in [0.5, 0.6) is 5.75 Å². The van der Waals surface area contributed by atoms with Crippen LogP contribution >= 0.6 is 0 Å². The van der Waals surface area contributed by atoms with Crippen LogP contribution in [0.2, 0.25) is 0 Å². The summed E-state index contributed by atoms with van der Waals surface area (Å²) in [4.78, 5) is 24.1. The van der Waals surface area contributed by atoms with Crippen molar-refractivity contribution in [3.63, 3.8) is 0 Å². The van der Waals surface area contributed by atoms with E-state index in [9.17, 15) is 22.8 Å². The Morgan fingerprint density at radius 2 is 1.79 bits per heavy atom. The molecule has 1 aromatic rings. The van der Waals surface area contributed by atoms with Crippen molar-refractivity contribution in [2.24, 2.45) is 5.92 Å². The van der Waals surface area contributed by atoms with E-state index in [1.54, 1.807) is 24.3 Å². The molecule has 1 aromatic carbocycles. The molecule has 1 aliphatic rings. The van der Waals surface area contributed by atoms with Crippen LogP contribution in [-0.4, -0.2) is 42.6 Å². The summed E-state index contributed by atoms with van der Waals surface area (Å²) >= 11 is 0. The first-order valence-electron chi connectivity index (χ1n) is 7.71. The standard InChI is InChI=1S/C16H19F3N2O3/c1-2-24-13-5-3-12(4-6-13)20-14(22)11-7-9-21(10-8-11)15(23)16(17,18)19/h3-6,11H,2,7-10H2,1H3,(H,20,22). The molecule has 5 nitrogen and oxygen atoms in total. The second kappa shape index (κ2) is 7.55. The van der Waals surface area contributed by atoms with Gasteiger partial charge in [0.25, 0.3) is 0 Å². The molecule has 2 amide bonds. The number of alkyl halides is 3. The van der Waals surface area contributed by atoms with Crippen molar-refractivity contribution in [2.75, 3.05) is 25.0 Å². The number of carbonyl (C=O) groups is 2. The molecule has 8 heteroatoms. The fraction of sp³-hybridized carbons (Fsp3) is 0.500. The molecule has 1 fully saturated rings. The summed E-state index contributed by atoms with van der Waals surface area (Å²) in [6.07, 6.45) is -4.44. The molecule has 1 N–H and O–H groups in total. The van der Waals surface area contributed by atoms with Gasteiger partial charge < -0.3 is 15.0 Å². The van der Waals surface area contributed by atoms with Crippen LogP contribution in [0.1, 0.15) is 19.8 Å². The maximum atomic E-state index is 12.4. The highest BCUT2D eigenvalue weighted by Gasteiger charge is 2.43. The summed E-state index contributed by atoms with van der Waals surface area (Å²) in [6, 6.07) is 6.85. The van der Waals surface area contributed by atoms with Gasteiger partial charge in [-0.2, -0.15) is 13.2 Å². The van der Waals surface area contributed by atoms with E-state index < -0.39 is 18.0 Å². The molecule has 1 aliphatic heterocycles. The molecule has 2 rings (SSSR count). The highest BCUT2D eigenvalue weighted by atomic mass is 19.4. The number of benzene rings is 1. The summed E-state index contributed by atoms with van der Waals surface area (Å²) in [7, 11) is 0. The number of rotatable bonds is 4. The zero-order chi connectivity index (χ0) is 17.7. The fourth-order valence-electron chi connectivity index (χ4n) is 2.57. The van der Waals surface area contributed by atoms with Gasteiger partial charge in [0.15, 0.2) is 0 Å². The molecule has 0 aliphatic carbocycles. The number of ether oxygens (including phenoxy) is 1. The van der Waals surface area contributed by atoms with Crippen molar-refractivity contribution in [2.45, 2.75) is 25.9 Å². The van der Waals surface area contributed by atoms with Crippen LogP contribution in [0.4, 0.5) is 18.9 Å². The Kier molecular flexibility index (Phi) is 5.69. The van der Waals surface area contributed by atoms with Crippen LogP contribution in [0.3, 0.4) is 0 Å². The van der Waals surface area contributed by atoms with Gasteiger partial charge >= 0.3 is 12.1 Å². The van der Waals surface area contributed by atoms with Gasteiger partial charge in [0.2, 0.25) is 5.91 Å². The number of anilines is 1. The third-order valence-corrected chi connectivity index (χ3v) is 3.83. The van der Waals surface area contributed by atoms with Gasteiger partial charge in [0.05, 0.1) is 6.61 Å². The molecular formula is C16H19F3N2O3. The molecule has 0 radical (unpaired) electrons. The summed E-state index contributed by atoms with van der Waals surface area (Å²) in [5.41, 5.74) is 0.595. The predicted octanol–water partition coefficient (Wildman–Crippen LogP) is 2.82. The normalized spacial score (nSPS) is 15.9. The highest BCUT2D eigenvalue weighted by molar-refractivity contribution is 5.92. The zero-order valence-corrected chi connectivity index (χ0v) is 13.2. The van der Waals surface area contributed by atoms with Crippen molar-refractivity contribution in [3.8, 4) is 5.75 Å². The van der Waals surface area contributed by atoms with Crippen LogP contribution in [0.15, 0.2) is 24.3 Å². The van der Waals surface area contributed by atoms with Crippen molar-refractivity contribution < 1.29 is 27.5 Å². The first-order valence-corrected chi connectivity index (χ1v) is 7.71. The minimum Gasteiger partial charge on any atom is -0.494 e. The summed E-state index contributed by atoms with van der Waals surface area (Å²) in [6.45, 7) is 2.27. The Hall–Kier alpha value is -2.25. The number of nitrogens with zero attached hydrogens (tertiary/aromatic N) is 1. The lowest BCUT2D eigenvalue weighted by Gasteiger charge is -2.31. The van der Waals surface area contributed by atoms with Crippen molar-refractivity contribution in [1.82, 2.24) is 4.90 Å². The van der Waals surface area contributed by atoms with Gasteiger partial charge in [-0.1, -0.05) is 0 Å². The largest absolute Gasteiger partial charge is 0.494 e. The lowest BCUT2D eigenvalue weighted by Crippen LogP contribution is -2.46. The second-order valence-corrected chi connectivity index (χ2v) is 5.51. The van der Waals surface area contributed by atoms with Gasteiger partial charge in [0.1, 0.15) is 5.75 Å². The minimum absolute atomic E-state index is 0.0697. The summed E-state index contributed by atoms with van der Waals surface area (Å²) in [5.74, 6) is -1.81. The topological polar surface area (TPSA) is 58.6 Å². The van der Waals surface area contributed by atoms with E-state index in [1.165, 1.54) is 0 Å². The van der Waals surface area contributed by atoms with Gasteiger partial charge in [-0.3, -0.25) is 9.59 Å². The van der Waals surface area contributed by atoms with E-state index in [1.807, 2.05) is 6.92 Å². The maximum absolute atomic E-state index is 12.4. The first-order chi connectivity index (χ1) is 11.3. The third kappa shape index (κ3) is 4.62. The SMILES string of the molecule is CCOc1ccc(NC(=O)C2CCN(C(=O)C(F)(F)F)CC2)cc1. The molecule has 132 valence electrons. The quantitative estimate of drug-likeness (QED) is 0.914. The Morgan fingerprint density at radius 1 is 1.21 bits per heavy atom. The van der Waals surface area contributed by atoms with Crippen molar-refractivity contribution in [3.05, 3.63) is 24.3 Å². The van der Waals surface area contributed by atoms with E-state index in [4.69, 9.17) is 4.74 Å². The van der Waals surface area contributed by atoms with Gasteiger partial charge in [-0.25, -0.2) is 0 Å². The number of amides is 2. The van der Waals surface area contributed by atoms with Gasteiger partial charge in [0, 0.05) is 24.7 Å². The van der Waals surface area contributed by atoms with Crippen molar-refractivity contribution >= 4 is 17.5 Å². The second-order valence-electron chi connectivity index (χ2n) is 5.51. The Labute approximate surface area is 137 Å². The molecule has 0 bridgehead atoms. The number of hydrogen-bond acceptors (Lipinski definition) is 3. The molecule has 0 spiro atoms. The number of likely N-dealkylation sites (tertiary alicyclic amines) is 1. The minimum atomic E-state index is -4.86. The number of piperidine rings is 1. The number of carbonyl (C=O) groups excluding carboxylic acids is 2. The lowest BCUT2D eigenvalue weighted by molar-refractivity contribution is -0.186. The molecule has 0 atom stereocenters. The molecule has 1 heterocycles. The lowest BCUT2D eigenvalue weighted by atomic mass is 9.95. The average Bonchev–Trinajstić information content (AvgIpc) is 2.55. The Balaban J connectivity index is 1.85. The van der Waals surface area contributed by atoms with E-state index in [-0.39, 0.29) is 31.8 Å². The smallest absolute Gasteiger partial charge is 0.471 e. The molecule has 0 aromatic heterocycles. The van der Waals surface area contributed by atoms with Crippen LogP contribution in [0, 0.1) is 5.92 Å². The van der Waals surface area contributed by atoms with E-state index in [2.05, 4.69) is 5.32 Å². The molecule has 0 unspecified atom stereocenters. The summed E-state index contributed by atoms with van der Waals surface area (Å²) in [5, 5.41) is 2.74. The number of halogens is 3. The van der Waals surface area contributed by atoms with E-state index >= 15 is 0 Å². The van der Waals surface area contributed by atoms with Gasteiger partial charge in [-0.15, -0.1) is 0 Å². The Morgan fingerprint density at radius 3 is 2.29 bits per heavy atom. The monoisotopic (exact) mass is 344 g/mol. The summed E-state index contributed by atoms with van der Waals surface area (Å²) < 4.78 is 42.5. The van der Waals surface area contributed by atoms with Crippen LogP contribution in [0.25, 0.3) is 0 Å². The molecule has 0 saturated carbocycles. The highest BCUT2D eigenvalue weighted by Crippen LogP contribution is 2.25. The van der Waals surface area contributed by atoms with Crippen LogP contribution < -0.4 is 10.1 Å². The first kappa shape index (κ1) is 18.1.